The zero-order chi connectivity index (χ0) is 22.7. The highest BCUT2D eigenvalue weighted by Gasteiger charge is 2.21. The van der Waals surface area contributed by atoms with Crippen LogP contribution in [-0.2, 0) is 0 Å². The fourth-order valence-corrected chi connectivity index (χ4v) is 5.26. The molecule has 0 atom stereocenters. The number of hydrogen-bond acceptors (Lipinski definition) is 8. The van der Waals surface area contributed by atoms with Crippen molar-refractivity contribution in [2.24, 2.45) is 0 Å². The number of nitrogens with one attached hydrogen (secondary N) is 2. The van der Waals surface area contributed by atoms with Gasteiger partial charge in [-0.25, -0.2) is 4.98 Å². The first-order valence-corrected chi connectivity index (χ1v) is 12.3. The summed E-state index contributed by atoms with van der Waals surface area (Å²) in [6, 6.07) is 18.2. The predicted molar refractivity (Wildman–Crippen MR) is 137 cm³/mol. The maximum atomic E-state index is 4.75. The number of aromatic nitrogens is 5. The second-order valence-corrected chi connectivity index (χ2v) is 9.47. The molecular formula is C26H23N7S. The molecule has 0 radical (unpaired) electrons. The molecule has 8 heteroatoms. The van der Waals surface area contributed by atoms with Gasteiger partial charge in [-0.3, -0.25) is 9.97 Å². The second kappa shape index (κ2) is 9.15. The van der Waals surface area contributed by atoms with Gasteiger partial charge in [-0.05, 0) is 42.7 Å². The zero-order valence-corrected chi connectivity index (χ0v) is 19.3. The average Bonchev–Trinajstić information content (AvgIpc) is 3.57. The molecule has 4 aromatic heterocycles. The van der Waals surface area contributed by atoms with Crippen LogP contribution >= 0.6 is 11.3 Å². The van der Waals surface area contributed by atoms with Gasteiger partial charge in [0.15, 0.2) is 0 Å². The molecule has 0 saturated heterocycles. The molecule has 0 amide bonds. The smallest absolute Gasteiger partial charge is 0.211 e. The Bertz CT molecular complexity index is 1430. The Morgan fingerprint density at radius 2 is 1.62 bits per heavy atom. The summed E-state index contributed by atoms with van der Waals surface area (Å²) >= 11 is 1.63. The van der Waals surface area contributed by atoms with Crippen molar-refractivity contribution >= 4 is 44.7 Å². The van der Waals surface area contributed by atoms with Gasteiger partial charge < -0.3 is 10.6 Å². The number of nitrogens with zero attached hydrogens (tertiary/aromatic N) is 5. The van der Waals surface area contributed by atoms with Crippen LogP contribution in [0.5, 0.6) is 0 Å². The van der Waals surface area contributed by atoms with Gasteiger partial charge in [-0.15, -0.1) is 10.2 Å². The molecule has 1 saturated carbocycles. The van der Waals surface area contributed by atoms with E-state index in [4.69, 9.17) is 4.98 Å². The van der Waals surface area contributed by atoms with Crippen LogP contribution in [0.4, 0.5) is 22.3 Å². The highest BCUT2D eigenvalue weighted by atomic mass is 32.1. The molecular weight excluding hydrogens is 442 g/mol. The van der Waals surface area contributed by atoms with Gasteiger partial charge in [0.1, 0.15) is 10.8 Å². The first kappa shape index (κ1) is 20.7. The quantitative estimate of drug-likeness (QED) is 0.289. The molecule has 4 heterocycles. The highest BCUT2D eigenvalue weighted by molar-refractivity contribution is 7.15. The molecule has 34 heavy (non-hydrogen) atoms. The summed E-state index contributed by atoms with van der Waals surface area (Å²) in [7, 11) is 0. The Balaban J connectivity index is 1.21. The first-order valence-electron chi connectivity index (χ1n) is 11.4. The fourth-order valence-electron chi connectivity index (χ4n) is 4.34. The van der Waals surface area contributed by atoms with Crippen LogP contribution < -0.4 is 10.6 Å². The lowest BCUT2D eigenvalue weighted by Crippen LogP contribution is -1.96. The Kier molecular flexibility index (Phi) is 5.56. The molecule has 5 aromatic rings. The van der Waals surface area contributed by atoms with Crippen molar-refractivity contribution in [1.29, 1.82) is 0 Å². The molecule has 0 aliphatic heterocycles. The van der Waals surface area contributed by atoms with Gasteiger partial charge in [0.05, 0.1) is 34.8 Å². The monoisotopic (exact) mass is 465 g/mol. The molecule has 2 N–H and O–H groups in total. The molecule has 0 bridgehead atoms. The molecule has 1 fully saturated rings. The van der Waals surface area contributed by atoms with E-state index >= 15 is 0 Å². The molecule has 1 aliphatic rings. The number of benzene rings is 1. The summed E-state index contributed by atoms with van der Waals surface area (Å²) in [6.45, 7) is 0. The summed E-state index contributed by atoms with van der Waals surface area (Å²) in [5, 5.41) is 17.3. The van der Waals surface area contributed by atoms with E-state index in [2.05, 4.69) is 49.0 Å². The van der Waals surface area contributed by atoms with Gasteiger partial charge in [0, 0.05) is 17.7 Å². The SMILES string of the molecule is c1ccc(-c2cncc(Nc3cnc4ccc(Nc5nnc(C6CCCC6)s5)nc4c3)c2)cc1. The van der Waals surface area contributed by atoms with E-state index in [1.54, 1.807) is 17.5 Å². The standard InChI is InChI=1S/C26H23N7S/c1-2-6-17(7-3-1)19-12-20(15-27-14-19)29-21-13-23-22(28-16-21)10-11-24(30-23)31-26-33-32-25(34-26)18-8-4-5-9-18/h1-3,6-7,10-16,18,29H,4-5,8-9H2,(H,30,31,33). The Morgan fingerprint density at radius 1 is 0.765 bits per heavy atom. The maximum absolute atomic E-state index is 4.75. The number of rotatable bonds is 6. The van der Waals surface area contributed by atoms with Crippen LogP contribution in [0.15, 0.2) is 73.2 Å². The average molecular weight is 466 g/mol. The van der Waals surface area contributed by atoms with Crippen LogP contribution in [0.2, 0.25) is 0 Å². The lowest BCUT2D eigenvalue weighted by atomic mass is 10.1. The zero-order valence-electron chi connectivity index (χ0n) is 18.5. The first-order chi connectivity index (χ1) is 16.8. The van der Waals surface area contributed by atoms with E-state index in [1.165, 1.54) is 25.7 Å². The number of fused-ring (bicyclic) bond motifs is 1. The summed E-state index contributed by atoms with van der Waals surface area (Å²) in [5.41, 5.74) is 5.55. The summed E-state index contributed by atoms with van der Waals surface area (Å²) in [4.78, 5) is 13.7. The Labute approximate surface area is 201 Å². The maximum Gasteiger partial charge on any atom is 0.211 e. The Morgan fingerprint density at radius 3 is 2.50 bits per heavy atom. The van der Waals surface area contributed by atoms with Crippen molar-refractivity contribution < 1.29 is 0 Å². The fraction of sp³-hybridized carbons (Fsp3) is 0.192. The van der Waals surface area contributed by atoms with Gasteiger partial charge in [-0.1, -0.05) is 54.5 Å². The van der Waals surface area contributed by atoms with Crippen molar-refractivity contribution in [3.8, 4) is 11.1 Å². The van der Waals surface area contributed by atoms with Crippen LogP contribution in [0.3, 0.4) is 0 Å². The van der Waals surface area contributed by atoms with Crippen molar-refractivity contribution in [1.82, 2.24) is 25.1 Å². The molecule has 0 spiro atoms. The summed E-state index contributed by atoms with van der Waals surface area (Å²) in [6.07, 6.45) is 10.5. The summed E-state index contributed by atoms with van der Waals surface area (Å²) in [5.74, 6) is 1.29. The van der Waals surface area contributed by atoms with Crippen molar-refractivity contribution in [2.45, 2.75) is 31.6 Å². The minimum absolute atomic E-state index is 0.560. The van der Waals surface area contributed by atoms with Crippen LogP contribution in [0.1, 0.15) is 36.6 Å². The van der Waals surface area contributed by atoms with E-state index in [1.807, 2.05) is 48.8 Å². The third kappa shape index (κ3) is 4.45. The lowest BCUT2D eigenvalue weighted by Gasteiger charge is -2.09. The van der Waals surface area contributed by atoms with Gasteiger partial charge in [0.25, 0.3) is 0 Å². The van der Waals surface area contributed by atoms with E-state index in [9.17, 15) is 0 Å². The lowest BCUT2D eigenvalue weighted by molar-refractivity contribution is 0.705. The number of anilines is 4. The minimum Gasteiger partial charge on any atom is -0.353 e. The predicted octanol–water partition coefficient (Wildman–Crippen LogP) is 6.69. The minimum atomic E-state index is 0.560. The normalized spacial score (nSPS) is 13.9. The second-order valence-electron chi connectivity index (χ2n) is 8.46. The van der Waals surface area contributed by atoms with E-state index in [-0.39, 0.29) is 0 Å². The topological polar surface area (TPSA) is 88.5 Å². The number of hydrogen-bond donors (Lipinski definition) is 2. The van der Waals surface area contributed by atoms with E-state index in [0.29, 0.717) is 5.92 Å². The van der Waals surface area contributed by atoms with Crippen molar-refractivity contribution in [3.05, 3.63) is 78.2 Å². The molecule has 1 aromatic carbocycles. The van der Waals surface area contributed by atoms with Crippen molar-refractivity contribution in [3.63, 3.8) is 0 Å². The number of pyridine rings is 3. The van der Waals surface area contributed by atoms with Gasteiger partial charge in [-0.2, -0.15) is 0 Å². The largest absolute Gasteiger partial charge is 0.353 e. The molecule has 7 nitrogen and oxygen atoms in total. The van der Waals surface area contributed by atoms with Crippen LogP contribution in [0, 0.1) is 0 Å². The third-order valence-electron chi connectivity index (χ3n) is 6.05. The van der Waals surface area contributed by atoms with Gasteiger partial charge >= 0.3 is 0 Å². The van der Waals surface area contributed by atoms with Gasteiger partial charge in [0.2, 0.25) is 5.13 Å². The molecule has 6 rings (SSSR count). The Hall–Kier alpha value is -3.91. The molecule has 1 aliphatic carbocycles. The van der Waals surface area contributed by atoms with Crippen molar-refractivity contribution in [2.75, 3.05) is 10.6 Å². The van der Waals surface area contributed by atoms with Crippen LogP contribution in [0.25, 0.3) is 22.2 Å². The molecule has 0 unspecified atom stereocenters. The van der Waals surface area contributed by atoms with Crippen LogP contribution in [-0.4, -0.2) is 25.1 Å². The molecule has 168 valence electrons. The third-order valence-corrected chi connectivity index (χ3v) is 7.05. The summed E-state index contributed by atoms with van der Waals surface area (Å²) < 4.78 is 0. The van der Waals surface area contributed by atoms with E-state index in [0.717, 1.165) is 49.5 Å². The highest BCUT2D eigenvalue weighted by Crippen LogP contribution is 2.37. The van der Waals surface area contributed by atoms with E-state index < -0.39 is 0 Å².